The molecule has 0 radical (unpaired) electrons. The fourth-order valence-corrected chi connectivity index (χ4v) is 1.77. The predicted octanol–water partition coefficient (Wildman–Crippen LogP) is 3.15. The molecule has 0 aliphatic rings. The van der Waals surface area contributed by atoms with Gasteiger partial charge in [0.25, 0.3) is 0 Å². The summed E-state index contributed by atoms with van der Waals surface area (Å²) in [5, 5.41) is 3.90. The second kappa shape index (κ2) is 10.9. The standard InChI is InChI=1S/C15H19F3N2O3.ClH/c1-22-14(21)4-2-3-13(20-23-10-9-19)11-5-7-12(8-6-11)15(16,17)18;/h5-8H,2-4,9-10,19H2,1H3;1H/b20-13+;. The van der Waals surface area contributed by atoms with Gasteiger partial charge in [0, 0.05) is 13.0 Å². The molecular formula is C15H20ClF3N2O3. The minimum atomic E-state index is -4.39. The number of hydrogen-bond acceptors (Lipinski definition) is 5. The number of alkyl halides is 3. The predicted molar refractivity (Wildman–Crippen MR) is 86.1 cm³/mol. The summed E-state index contributed by atoms with van der Waals surface area (Å²) < 4.78 is 42.3. The SMILES string of the molecule is COC(=O)CCC/C(=N\OCCN)c1ccc(C(F)(F)F)cc1.Cl. The van der Waals surface area contributed by atoms with E-state index in [1.54, 1.807) is 0 Å². The van der Waals surface area contributed by atoms with Crippen LogP contribution in [0.25, 0.3) is 0 Å². The van der Waals surface area contributed by atoms with Gasteiger partial charge in [-0.05, 0) is 30.5 Å². The molecule has 1 aromatic rings. The van der Waals surface area contributed by atoms with E-state index in [0.717, 1.165) is 12.1 Å². The lowest BCUT2D eigenvalue weighted by atomic mass is 10.0. The molecule has 136 valence electrons. The molecule has 0 saturated carbocycles. The Bertz CT molecular complexity index is 534. The smallest absolute Gasteiger partial charge is 0.416 e. The summed E-state index contributed by atoms with van der Waals surface area (Å²) in [6.07, 6.45) is -3.40. The van der Waals surface area contributed by atoms with Crippen molar-refractivity contribution < 1.29 is 27.5 Å². The minimum absolute atomic E-state index is 0. The first-order valence-electron chi connectivity index (χ1n) is 7.02. The normalized spacial score (nSPS) is 11.6. The summed E-state index contributed by atoms with van der Waals surface area (Å²) in [6.45, 7) is 0.465. The van der Waals surface area contributed by atoms with E-state index < -0.39 is 11.7 Å². The first-order valence-corrected chi connectivity index (χ1v) is 7.02. The Morgan fingerprint density at radius 1 is 1.21 bits per heavy atom. The van der Waals surface area contributed by atoms with Gasteiger partial charge in [-0.2, -0.15) is 13.2 Å². The number of rotatable bonds is 8. The molecule has 0 saturated heterocycles. The molecule has 0 heterocycles. The summed E-state index contributed by atoms with van der Waals surface area (Å²) in [5.74, 6) is -0.361. The summed E-state index contributed by atoms with van der Waals surface area (Å²) in [7, 11) is 1.29. The van der Waals surface area contributed by atoms with Crippen molar-refractivity contribution >= 4 is 24.1 Å². The molecule has 0 amide bonds. The van der Waals surface area contributed by atoms with Crippen molar-refractivity contribution in [2.75, 3.05) is 20.3 Å². The van der Waals surface area contributed by atoms with Gasteiger partial charge in [0.2, 0.25) is 0 Å². The monoisotopic (exact) mass is 368 g/mol. The lowest BCUT2D eigenvalue weighted by molar-refractivity contribution is -0.140. The molecule has 0 bridgehead atoms. The van der Waals surface area contributed by atoms with Crippen LogP contribution in [0.5, 0.6) is 0 Å². The Morgan fingerprint density at radius 2 is 1.83 bits per heavy atom. The van der Waals surface area contributed by atoms with E-state index >= 15 is 0 Å². The molecule has 0 fully saturated rings. The number of methoxy groups -OCH3 is 1. The number of esters is 1. The van der Waals surface area contributed by atoms with E-state index in [0.29, 0.717) is 24.1 Å². The zero-order valence-corrected chi connectivity index (χ0v) is 14.0. The average molecular weight is 369 g/mol. The minimum Gasteiger partial charge on any atom is -0.469 e. The fourth-order valence-electron chi connectivity index (χ4n) is 1.77. The van der Waals surface area contributed by atoms with Crippen LogP contribution in [-0.4, -0.2) is 31.9 Å². The lowest BCUT2D eigenvalue weighted by Crippen LogP contribution is -2.10. The Morgan fingerprint density at radius 3 is 2.33 bits per heavy atom. The molecule has 0 aromatic heterocycles. The third kappa shape index (κ3) is 7.65. The van der Waals surface area contributed by atoms with E-state index in [2.05, 4.69) is 9.89 Å². The number of oxime groups is 1. The maximum Gasteiger partial charge on any atom is 0.416 e. The zero-order valence-electron chi connectivity index (χ0n) is 13.1. The van der Waals surface area contributed by atoms with Crippen LogP contribution in [0.15, 0.2) is 29.4 Å². The third-order valence-electron chi connectivity index (χ3n) is 2.95. The molecule has 0 atom stereocenters. The fraction of sp³-hybridized carbons (Fsp3) is 0.467. The molecule has 0 aliphatic carbocycles. The number of nitrogens with two attached hydrogens (primary N) is 1. The summed E-state index contributed by atoms with van der Waals surface area (Å²) in [4.78, 5) is 16.1. The van der Waals surface area contributed by atoms with Crippen LogP contribution in [0.2, 0.25) is 0 Å². The first-order chi connectivity index (χ1) is 10.9. The molecule has 9 heteroatoms. The summed E-state index contributed by atoms with van der Waals surface area (Å²) in [5.41, 5.74) is 5.52. The van der Waals surface area contributed by atoms with Gasteiger partial charge in [-0.15, -0.1) is 12.4 Å². The molecule has 1 aromatic carbocycles. The molecule has 1 rings (SSSR count). The highest BCUT2D eigenvalue weighted by Crippen LogP contribution is 2.29. The Balaban J connectivity index is 0.00000529. The van der Waals surface area contributed by atoms with Gasteiger partial charge < -0.3 is 15.3 Å². The summed E-state index contributed by atoms with van der Waals surface area (Å²) >= 11 is 0. The van der Waals surface area contributed by atoms with Crippen molar-refractivity contribution in [2.45, 2.75) is 25.4 Å². The van der Waals surface area contributed by atoms with E-state index in [4.69, 9.17) is 10.6 Å². The van der Waals surface area contributed by atoms with Crippen molar-refractivity contribution in [3.8, 4) is 0 Å². The Kier molecular flexibility index (Phi) is 10.1. The number of nitrogens with zero attached hydrogens (tertiary/aromatic N) is 1. The Hall–Kier alpha value is -1.80. The average Bonchev–Trinajstić information content (AvgIpc) is 2.52. The third-order valence-corrected chi connectivity index (χ3v) is 2.95. The second-order valence-corrected chi connectivity index (χ2v) is 4.66. The van der Waals surface area contributed by atoms with Crippen LogP contribution in [0.4, 0.5) is 13.2 Å². The van der Waals surface area contributed by atoms with Gasteiger partial charge in [-0.3, -0.25) is 4.79 Å². The lowest BCUT2D eigenvalue weighted by Gasteiger charge is -2.10. The van der Waals surface area contributed by atoms with Crippen LogP contribution in [0.3, 0.4) is 0 Å². The number of carbonyl (C=O) groups excluding carboxylic acids is 1. The van der Waals surface area contributed by atoms with E-state index in [9.17, 15) is 18.0 Å². The van der Waals surface area contributed by atoms with Crippen molar-refractivity contribution in [3.05, 3.63) is 35.4 Å². The van der Waals surface area contributed by atoms with Gasteiger partial charge in [0.05, 0.1) is 18.4 Å². The van der Waals surface area contributed by atoms with Crippen LogP contribution in [-0.2, 0) is 20.5 Å². The number of carbonyl (C=O) groups is 1. The van der Waals surface area contributed by atoms with Crippen LogP contribution in [0, 0.1) is 0 Å². The molecule has 5 nitrogen and oxygen atoms in total. The van der Waals surface area contributed by atoms with Crippen LogP contribution in [0.1, 0.15) is 30.4 Å². The topological polar surface area (TPSA) is 73.9 Å². The first kappa shape index (κ1) is 22.2. The van der Waals surface area contributed by atoms with Gasteiger partial charge in [0.1, 0.15) is 6.61 Å². The highest BCUT2D eigenvalue weighted by Gasteiger charge is 2.30. The van der Waals surface area contributed by atoms with Crippen LogP contribution >= 0.6 is 12.4 Å². The maximum atomic E-state index is 12.6. The molecule has 0 aliphatic heterocycles. The van der Waals surface area contributed by atoms with Crippen LogP contribution < -0.4 is 5.73 Å². The Labute approximate surface area is 144 Å². The van der Waals surface area contributed by atoms with Gasteiger partial charge in [-0.25, -0.2) is 0 Å². The van der Waals surface area contributed by atoms with Crippen molar-refractivity contribution in [3.63, 3.8) is 0 Å². The molecule has 2 N–H and O–H groups in total. The highest BCUT2D eigenvalue weighted by molar-refractivity contribution is 6.00. The van der Waals surface area contributed by atoms with Crippen molar-refractivity contribution in [1.29, 1.82) is 0 Å². The molecule has 0 unspecified atom stereocenters. The van der Waals surface area contributed by atoms with Crippen molar-refractivity contribution in [2.24, 2.45) is 10.9 Å². The molecule has 0 spiro atoms. The number of benzene rings is 1. The van der Waals surface area contributed by atoms with Gasteiger partial charge in [0.15, 0.2) is 0 Å². The second-order valence-electron chi connectivity index (χ2n) is 4.66. The van der Waals surface area contributed by atoms with E-state index in [1.807, 2.05) is 0 Å². The maximum absolute atomic E-state index is 12.6. The molecular weight excluding hydrogens is 349 g/mol. The van der Waals surface area contributed by atoms with Gasteiger partial charge in [-0.1, -0.05) is 17.3 Å². The van der Waals surface area contributed by atoms with E-state index in [1.165, 1.54) is 19.2 Å². The largest absolute Gasteiger partial charge is 0.469 e. The summed E-state index contributed by atoms with van der Waals surface area (Å²) in [6, 6.07) is 4.61. The quantitative estimate of drug-likeness (QED) is 0.331. The molecule has 24 heavy (non-hydrogen) atoms. The van der Waals surface area contributed by atoms with Crippen molar-refractivity contribution in [1.82, 2.24) is 0 Å². The zero-order chi connectivity index (χ0) is 17.3. The number of hydrogen-bond donors (Lipinski definition) is 1. The van der Waals surface area contributed by atoms with E-state index in [-0.39, 0.29) is 37.9 Å². The van der Waals surface area contributed by atoms with Gasteiger partial charge >= 0.3 is 12.1 Å². The number of halogens is 4. The number of ether oxygens (including phenoxy) is 1. The highest BCUT2D eigenvalue weighted by atomic mass is 35.5.